The van der Waals surface area contributed by atoms with Gasteiger partial charge in [-0.3, -0.25) is 0 Å². The number of rotatable bonds is 4. The van der Waals surface area contributed by atoms with Gasteiger partial charge in [0.1, 0.15) is 0 Å². The molecule has 0 aliphatic heterocycles. The van der Waals surface area contributed by atoms with Crippen molar-refractivity contribution in [2.75, 3.05) is 5.32 Å². The lowest BCUT2D eigenvalue weighted by Crippen LogP contribution is -2.00. The molecule has 2 aromatic carbocycles. The van der Waals surface area contributed by atoms with Crippen LogP contribution in [0.1, 0.15) is 5.56 Å². The summed E-state index contributed by atoms with van der Waals surface area (Å²) in [6.45, 7) is 0.716. The van der Waals surface area contributed by atoms with Gasteiger partial charge in [-0.25, -0.2) is 4.68 Å². The third-order valence-corrected chi connectivity index (χ3v) is 4.41. The Kier molecular flexibility index (Phi) is 4.41. The number of para-hydroxylation sites is 2. The third kappa shape index (κ3) is 3.36. The number of hydrogen-bond donors (Lipinski definition) is 1. The molecular formula is C16H13Br2N3. The van der Waals surface area contributed by atoms with Crippen LogP contribution >= 0.6 is 31.9 Å². The Morgan fingerprint density at radius 1 is 0.952 bits per heavy atom. The van der Waals surface area contributed by atoms with Gasteiger partial charge in [-0.05, 0) is 56.1 Å². The molecule has 0 amide bonds. The molecule has 0 aliphatic rings. The van der Waals surface area contributed by atoms with Gasteiger partial charge < -0.3 is 5.32 Å². The van der Waals surface area contributed by atoms with E-state index in [1.807, 2.05) is 65.6 Å². The van der Waals surface area contributed by atoms with Crippen LogP contribution in [0, 0.1) is 0 Å². The van der Waals surface area contributed by atoms with Crippen molar-refractivity contribution < 1.29 is 0 Å². The van der Waals surface area contributed by atoms with E-state index >= 15 is 0 Å². The minimum Gasteiger partial charge on any atom is -0.379 e. The predicted molar refractivity (Wildman–Crippen MR) is 92.7 cm³/mol. The van der Waals surface area contributed by atoms with Crippen LogP contribution < -0.4 is 5.32 Å². The highest BCUT2D eigenvalue weighted by Gasteiger charge is 2.05. The van der Waals surface area contributed by atoms with E-state index in [-0.39, 0.29) is 0 Å². The van der Waals surface area contributed by atoms with Gasteiger partial charge in [0.2, 0.25) is 0 Å². The summed E-state index contributed by atoms with van der Waals surface area (Å²) in [4.78, 5) is 0. The summed E-state index contributed by atoms with van der Waals surface area (Å²) in [6, 6.07) is 16.1. The minimum absolute atomic E-state index is 0.716. The zero-order valence-electron chi connectivity index (χ0n) is 11.1. The molecule has 0 spiro atoms. The molecular weight excluding hydrogens is 394 g/mol. The minimum atomic E-state index is 0.716. The second-order valence-corrected chi connectivity index (χ2v) is 6.29. The largest absolute Gasteiger partial charge is 0.379 e. The first-order valence-corrected chi connectivity index (χ1v) is 8.09. The molecule has 1 N–H and O–H groups in total. The van der Waals surface area contributed by atoms with Crippen LogP contribution in [0.4, 0.5) is 5.69 Å². The first-order chi connectivity index (χ1) is 10.2. The Bertz CT molecular complexity index is 718. The topological polar surface area (TPSA) is 29.9 Å². The fourth-order valence-corrected chi connectivity index (χ4v) is 3.31. The van der Waals surface area contributed by atoms with Crippen molar-refractivity contribution in [1.29, 1.82) is 0 Å². The van der Waals surface area contributed by atoms with Gasteiger partial charge in [0, 0.05) is 27.3 Å². The number of anilines is 1. The highest BCUT2D eigenvalue weighted by molar-refractivity contribution is 9.11. The Balaban J connectivity index is 1.74. The number of benzene rings is 2. The van der Waals surface area contributed by atoms with E-state index in [0.717, 1.165) is 25.9 Å². The maximum Gasteiger partial charge on any atom is 0.0645 e. The standard InChI is InChI=1S/C16H13Br2N3/c17-14-7-4-8-15(18)16(14)19-9-12-10-20-21(11-12)13-5-2-1-3-6-13/h1-8,10-11,19H,9H2. The first kappa shape index (κ1) is 14.4. The molecule has 3 aromatic rings. The highest BCUT2D eigenvalue weighted by Crippen LogP contribution is 2.30. The molecule has 0 unspecified atom stereocenters. The molecule has 3 rings (SSSR count). The number of halogens is 2. The van der Waals surface area contributed by atoms with Crippen LogP contribution in [-0.2, 0) is 6.54 Å². The van der Waals surface area contributed by atoms with Crippen LogP contribution in [-0.4, -0.2) is 9.78 Å². The van der Waals surface area contributed by atoms with E-state index in [0.29, 0.717) is 6.54 Å². The van der Waals surface area contributed by atoms with Gasteiger partial charge in [-0.2, -0.15) is 5.10 Å². The molecule has 0 radical (unpaired) electrons. The van der Waals surface area contributed by atoms with E-state index in [1.165, 1.54) is 0 Å². The number of nitrogens with zero attached hydrogens (tertiary/aromatic N) is 2. The molecule has 1 heterocycles. The fourth-order valence-electron chi connectivity index (χ4n) is 2.03. The summed E-state index contributed by atoms with van der Waals surface area (Å²) in [7, 11) is 0. The molecule has 0 aliphatic carbocycles. The number of nitrogens with one attached hydrogen (secondary N) is 1. The molecule has 106 valence electrons. The number of aromatic nitrogens is 2. The molecule has 21 heavy (non-hydrogen) atoms. The Labute approximate surface area is 140 Å². The summed E-state index contributed by atoms with van der Waals surface area (Å²) < 4.78 is 3.95. The molecule has 3 nitrogen and oxygen atoms in total. The average molecular weight is 407 g/mol. The molecule has 0 saturated heterocycles. The second-order valence-electron chi connectivity index (χ2n) is 4.58. The van der Waals surface area contributed by atoms with E-state index in [4.69, 9.17) is 0 Å². The fraction of sp³-hybridized carbons (Fsp3) is 0.0625. The lowest BCUT2D eigenvalue weighted by Gasteiger charge is -2.09. The predicted octanol–water partition coefficient (Wildman–Crippen LogP) is 5.01. The van der Waals surface area contributed by atoms with Crippen LogP contribution in [0.15, 0.2) is 69.9 Å². The van der Waals surface area contributed by atoms with Gasteiger partial charge in [0.15, 0.2) is 0 Å². The highest BCUT2D eigenvalue weighted by atomic mass is 79.9. The van der Waals surface area contributed by atoms with Crippen molar-refractivity contribution in [3.63, 3.8) is 0 Å². The van der Waals surface area contributed by atoms with Gasteiger partial charge in [-0.15, -0.1) is 0 Å². The van der Waals surface area contributed by atoms with Crippen molar-refractivity contribution in [2.45, 2.75) is 6.54 Å². The SMILES string of the molecule is Brc1cccc(Br)c1NCc1cnn(-c2ccccc2)c1. The molecule has 0 saturated carbocycles. The van der Waals surface area contributed by atoms with Crippen LogP contribution in [0.3, 0.4) is 0 Å². The van der Waals surface area contributed by atoms with Crippen LogP contribution in [0.25, 0.3) is 5.69 Å². The molecule has 5 heteroatoms. The zero-order valence-corrected chi connectivity index (χ0v) is 14.3. The van der Waals surface area contributed by atoms with E-state index in [2.05, 4.69) is 42.3 Å². The molecule has 1 aromatic heterocycles. The maximum absolute atomic E-state index is 4.40. The molecule has 0 fully saturated rings. The number of hydrogen-bond acceptors (Lipinski definition) is 2. The van der Waals surface area contributed by atoms with Crippen molar-refractivity contribution >= 4 is 37.5 Å². The van der Waals surface area contributed by atoms with Crippen molar-refractivity contribution in [3.05, 3.63) is 75.4 Å². The first-order valence-electron chi connectivity index (χ1n) is 6.51. The molecule has 0 atom stereocenters. The monoisotopic (exact) mass is 405 g/mol. The Morgan fingerprint density at radius 2 is 1.67 bits per heavy atom. The maximum atomic E-state index is 4.40. The quantitative estimate of drug-likeness (QED) is 0.659. The van der Waals surface area contributed by atoms with Crippen molar-refractivity contribution in [2.24, 2.45) is 0 Å². The summed E-state index contributed by atoms with van der Waals surface area (Å²) in [6.07, 6.45) is 3.91. The zero-order chi connectivity index (χ0) is 14.7. The van der Waals surface area contributed by atoms with E-state index in [1.54, 1.807) is 0 Å². The summed E-state index contributed by atoms with van der Waals surface area (Å²) in [5.41, 5.74) is 3.23. The van der Waals surface area contributed by atoms with Gasteiger partial charge >= 0.3 is 0 Å². The third-order valence-electron chi connectivity index (χ3n) is 3.09. The van der Waals surface area contributed by atoms with Crippen molar-refractivity contribution in [1.82, 2.24) is 9.78 Å². The van der Waals surface area contributed by atoms with E-state index in [9.17, 15) is 0 Å². The van der Waals surface area contributed by atoms with Gasteiger partial charge in [-0.1, -0.05) is 24.3 Å². The van der Waals surface area contributed by atoms with Crippen molar-refractivity contribution in [3.8, 4) is 5.69 Å². The Hall–Kier alpha value is -1.59. The second kappa shape index (κ2) is 6.45. The van der Waals surface area contributed by atoms with Gasteiger partial charge in [0.25, 0.3) is 0 Å². The van der Waals surface area contributed by atoms with E-state index < -0.39 is 0 Å². The van der Waals surface area contributed by atoms with Crippen LogP contribution in [0.5, 0.6) is 0 Å². The Morgan fingerprint density at radius 3 is 2.38 bits per heavy atom. The summed E-state index contributed by atoms with van der Waals surface area (Å²) in [5, 5.41) is 7.81. The lowest BCUT2D eigenvalue weighted by molar-refractivity contribution is 0.880. The van der Waals surface area contributed by atoms with Crippen LogP contribution in [0.2, 0.25) is 0 Å². The van der Waals surface area contributed by atoms with Gasteiger partial charge in [0.05, 0.1) is 17.6 Å². The summed E-state index contributed by atoms with van der Waals surface area (Å²) >= 11 is 7.10. The smallest absolute Gasteiger partial charge is 0.0645 e. The lowest BCUT2D eigenvalue weighted by atomic mass is 10.3. The summed E-state index contributed by atoms with van der Waals surface area (Å²) in [5.74, 6) is 0. The molecule has 0 bridgehead atoms. The normalized spacial score (nSPS) is 10.6. The average Bonchev–Trinajstić information content (AvgIpc) is 2.97.